The number of aliphatic carboxylic acids is 1. The monoisotopic (exact) mass is 325 g/mol. The molecule has 0 radical (unpaired) electrons. The average Bonchev–Trinajstić information content (AvgIpc) is 2.79. The lowest BCUT2D eigenvalue weighted by Crippen LogP contribution is -2.41. The highest BCUT2D eigenvalue weighted by Crippen LogP contribution is 2.22. The van der Waals surface area contributed by atoms with Crippen LogP contribution < -0.4 is 0 Å². The fraction of sp³-hybridized carbons (Fsp3) is 0.562. The van der Waals surface area contributed by atoms with Crippen LogP contribution in [0.1, 0.15) is 53.2 Å². The Balaban J connectivity index is 2.68. The van der Waals surface area contributed by atoms with Crippen molar-refractivity contribution in [1.82, 2.24) is 4.90 Å². The van der Waals surface area contributed by atoms with E-state index in [2.05, 4.69) is 0 Å². The van der Waals surface area contributed by atoms with Gasteiger partial charge in [0.05, 0.1) is 0 Å². The van der Waals surface area contributed by atoms with E-state index in [1.54, 1.807) is 11.3 Å². The van der Waals surface area contributed by atoms with Gasteiger partial charge in [-0.15, -0.1) is 11.3 Å². The summed E-state index contributed by atoms with van der Waals surface area (Å²) in [5.41, 5.74) is 0.670. The van der Waals surface area contributed by atoms with Crippen molar-refractivity contribution < 1.29 is 19.5 Å². The summed E-state index contributed by atoms with van der Waals surface area (Å²) in [6, 6.07) is 1.69. The Labute approximate surface area is 134 Å². The first-order valence-electron chi connectivity index (χ1n) is 7.37. The third-order valence-corrected chi connectivity index (χ3v) is 4.62. The van der Waals surface area contributed by atoms with Crippen molar-refractivity contribution in [1.29, 1.82) is 0 Å². The number of hydrogen-bond donors (Lipinski definition) is 1. The van der Waals surface area contributed by atoms with Crippen LogP contribution in [0.4, 0.5) is 0 Å². The Morgan fingerprint density at radius 3 is 2.36 bits per heavy atom. The Kier molecular flexibility index (Phi) is 6.74. The maximum Gasteiger partial charge on any atom is 0.323 e. The molecule has 1 aromatic heterocycles. The molecule has 0 fully saturated rings. The van der Waals surface area contributed by atoms with Gasteiger partial charge in [-0.1, -0.05) is 6.92 Å². The molecule has 1 N–H and O–H groups in total. The van der Waals surface area contributed by atoms with Gasteiger partial charge in [-0.3, -0.25) is 14.4 Å². The quantitative estimate of drug-likeness (QED) is 0.746. The van der Waals surface area contributed by atoms with Gasteiger partial charge in [0.1, 0.15) is 6.54 Å². The number of carbonyl (C=O) groups is 3. The zero-order valence-electron chi connectivity index (χ0n) is 13.5. The second-order valence-electron chi connectivity index (χ2n) is 5.42. The predicted octanol–water partition coefficient (Wildman–Crippen LogP) is 3.04. The van der Waals surface area contributed by atoms with Gasteiger partial charge in [0.2, 0.25) is 5.91 Å². The van der Waals surface area contributed by atoms with Crippen molar-refractivity contribution in [3.05, 3.63) is 21.4 Å². The normalized spacial score (nSPS) is 12.0. The number of carboxylic acids is 1. The van der Waals surface area contributed by atoms with Crippen molar-refractivity contribution in [2.24, 2.45) is 0 Å². The summed E-state index contributed by atoms with van der Waals surface area (Å²) in [5.74, 6) is -1.38. The summed E-state index contributed by atoms with van der Waals surface area (Å²) in [4.78, 5) is 38.6. The summed E-state index contributed by atoms with van der Waals surface area (Å²) in [7, 11) is 0. The molecule has 0 spiro atoms. The Hall–Kier alpha value is -1.69. The van der Waals surface area contributed by atoms with Crippen LogP contribution in [0.3, 0.4) is 0 Å². The molecule has 1 rings (SSSR count). The van der Waals surface area contributed by atoms with Gasteiger partial charge < -0.3 is 10.0 Å². The molecule has 1 aromatic rings. The standard InChI is InChI=1S/C16H23NO4S/c1-5-10(2)17(9-16(20)21)15(19)7-6-14(18)13-8-11(3)22-12(13)4/h8,10H,5-7,9H2,1-4H3,(H,20,21). The van der Waals surface area contributed by atoms with Crippen LogP contribution in [0.2, 0.25) is 0 Å². The lowest BCUT2D eigenvalue weighted by atomic mass is 10.1. The second kappa shape index (κ2) is 8.08. The third kappa shape index (κ3) is 4.94. The molecular weight excluding hydrogens is 302 g/mol. The number of thiophene rings is 1. The number of aryl methyl sites for hydroxylation is 2. The van der Waals surface area contributed by atoms with Gasteiger partial charge in [0, 0.05) is 34.2 Å². The Bertz CT molecular complexity index is 564. The van der Waals surface area contributed by atoms with Crippen LogP contribution in [-0.2, 0) is 9.59 Å². The zero-order chi connectivity index (χ0) is 16.9. The smallest absolute Gasteiger partial charge is 0.323 e. The van der Waals surface area contributed by atoms with Gasteiger partial charge in [-0.25, -0.2) is 0 Å². The van der Waals surface area contributed by atoms with E-state index in [1.807, 2.05) is 33.8 Å². The van der Waals surface area contributed by atoms with Gasteiger partial charge >= 0.3 is 5.97 Å². The molecule has 0 aliphatic rings. The summed E-state index contributed by atoms with van der Waals surface area (Å²) < 4.78 is 0. The largest absolute Gasteiger partial charge is 0.480 e. The third-order valence-electron chi connectivity index (χ3n) is 3.66. The van der Waals surface area contributed by atoms with E-state index in [9.17, 15) is 14.4 Å². The zero-order valence-corrected chi connectivity index (χ0v) is 14.3. The van der Waals surface area contributed by atoms with Crippen LogP contribution in [0.5, 0.6) is 0 Å². The molecule has 1 atom stereocenters. The number of carboxylic acid groups (broad SMARTS) is 1. The Morgan fingerprint density at radius 2 is 1.91 bits per heavy atom. The van der Waals surface area contributed by atoms with Crippen LogP contribution in [-0.4, -0.2) is 40.3 Å². The SMILES string of the molecule is CCC(C)N(CC(=O)O)C(=O)CCC(=O)c1cc(C)sc1C. The van der Waals surface area contributed by atoms with Gasteiger partial charge in [-0.2, -0.15) is 0 Å². The van der Waals surface area contributed by atoms with E-state index < -0.39 is 5.97 Å². The van der Waals surface area contributed by atoms with Crippen molar-refractivity contribution >= 4 is 29.0 Å². The molecule has 0 saturated carbocycles. The van der Waals surface area contributed by atoms with Crippen molar-refractivity contribution in [3.63, 3.8) is 0 Å². The van der Waals surface area contributed by atoms with E-state index >= 15 is 0 Å². The Morgan fingerprint density at radius 1 is 1.27 bits per heavy atom. The van der Waals surface area contributed by atoms with E-state index in [4.69, 9.17) is 5.11 Å². The van der Waals surface area contributed by atoms with Crippen molar-refractivity contribution in [2.75, 3.05) is 6.54 Å². The number of Topliss-reactive ketones (excluding diaryl/α,β-unsaturated/α-hetero) is 1. The molecule has 0 aliphatic heterocycles. The van der Waals surface area contributed by atoms with Crippen molar-refractivity contribution in [2.45, 2.75) is 53.0 Å². The highest BCUT2D eigenvalue weighted by Gasteiger charge is 2.22. The molecule has 1 heterocycles. The first kappa shape index (κ1) is 18.4. The lowest BCUT2D eigenvalue weighted by Gasteiger charge is -2.26. The minimum Gasteiger partial charge on any atom is -0.480 e. The first-order valence-corrected chi connectivity index (χ1v) is 8.19. The molecule has 5 nitrogen and oxygen atoms in total. The summed E-state index contributed by atoms with van der Waals surface area (Å²) >= 11 is 1.56. The topological polar surface area (TPSA) is 74.7 Å². The highest BCUT2D eigenvalue weighted by molar-refractivity contribution is 7.12. The van der Waals surface area contributed by atoms with E-state index in [1.165, 1.54) is 4.90 Å². The summed E-state index contributed by atoms with van der Waals surface area (Å²) in [6.45, 7) is 7.23. The fourth-order valence-corrected chi connectivity index (χ4v) is 3.20. The highest BCUT2D eigenvalue weighted by atomic mass is 32.1. The number of amides is 1. The number of nitrogens with zero attached hydrogens (tertiary/aromatic N) is 1. The lowest BCUT2D eigenvalue weighted by molar-refractivity contribution is -0.146. The molecule has 22 heavy (non-hydrogen) atoms. The maximum absolute atomic E-state index is 12.2. The first-order chi connectivity index (χ1) is 10.3. The van der Waals surface area contributed by atoms with E-state index in [0.717, 1.165) is 9.75 Å². The van der Waals surface area contributed by atoms with Crippen LogP contribution in [0.15, 0.2) is 6.07 Å². The maximum atomic E-state index is 12.2. The summed E-state index contributed by atoms with van der Waals surface area (Å²) in [5, 5.41) is 8.91. The predicted molar refractivity (Wildman–Crippen MR) is 86.5 cm³/mol. The second-order valence-corrected chi connectivity index (χ2v) is 6.88. The molecule has 0 aromatic carbocycles. The number of ketones is 1. The number of carbonyl (C=O) groups excluding carboxylic acids is 2. The number of rotatable bonds is 8. The van der Waals surface area contributed by atoms with E-state index in [0.29, 0.717) is 12.0 Å². The molecule has 0 aliphatic carbocycles. The average molecular weight is 325 g/mol. The molecule has 1 amide bonds. The fourth-order valence-electron chi connectivity index (χ4n) is 2.26. The van der Waals surface area contributed by atoms with Gasteiger partial charge in [0.25, 0.3) is 0 Å². The molecule has 6 heteroatoms. The molecule has 122 valence electrons. The number of hydrogen-bond acceptors (Lipinski definition) is 4. The van der Waals surface area contributed by atoms with Crippen LogP contribution >= 0.6 is 11.3 Å². The minimum absolute atomic E-state index is 0.0464. The van der Waals surface area contributed by atoms with Crippen molar-refractivity contribution in [3.8, 4) is 0 Å². The van der Waals surface area contributed by atoms with E-state index in [-0.39, 0.29) is 37.1 Å². The molecule has 1 unspecified atom stereocenters. The minimum atomic E-state index is -1.04. The van der Waals surface area contributed by atoms with Crippen LogP contribution in [0, 0.1) is 13.8 Å². The van der Waals surface area contributed by atoms with Gasteiger partial charge in [0.15, 0.2) is 5.78 Å². The summed E-state index contributed by atoms with van der Waals surface area (Å²) in [6.07, 6.45) is 0.836. The van der Waals surface area contributed by atoms with Gasteiger partial charge in [-0.05, 0) is 33.3 Å². The molecular formula is C16H23NO4S. The van der Waals surface area contributed by atoms with Crippen LogP contribution in [0.25, 0.3) is 0 Å². The molecule has 0 bridgehead atoms. The molecule has 0 saturated heterocycles.